The first kappa shape index (κ1) is 20.1. The smallest absolute Gasteiger partial charge is 0.317 e. The van der Waals surface area contributed by atoms with Crippen LogP contribution in [0.2, 0.25) is 0 Å². The fraction of sp³-hybridized carbons (Fsp3) is 0.391. The van der Waals surface area contributed by atoms with Crippen LogP contribution in [0.15, 0.2) is 48.5 Å². The first-order chi connectivity index (χ1) is 14.5. The van der Waals surface area contributed by atoms with Gasteiger partial charge in [0.05, 0.1) is 18.8 Å². The molecule has 7 nitrogen and oxygen atoms in total. The second kappa shape index (κ2) is 8.65. The summed E-state index contributed by atoms with van der Waals surface area (Å²) in [4.78, 5) is 31.0. The average molecular weight is 409 g/mol. The molecule has 0 spiro atoms. The molecule has 2 aliphatic rings. The highest BCUT2D eigenvalue weighted by Crippen LogP contribution is 2.28. The molecular weight excluding hydrogens is 380 g/mol. The van der Waals surface area contributed by atoms with Crippen LogP contribution in [-0.2, 0) is 4.79 Å². The third-order valence-corrected chi connectivity index (χ3v) is 5.79. The summed E-state index contributed by atoms with van der Waals surface area (Å²) in [6.45, 7) is 5.28. The number of anilines is 2. The van der Waals surface area contributed by atoms with Crippen molar-refractivity contribution in [3.05, 3.63) is 54.1 Å². The molecule has 0 saturated carbocycles. The summed E-state index contributed by atoms with van der Waals surface area (Å²) in [5.41, 5.74) is 3.09. The molecule has 2 aromatic rings. The maximum atomic E-state index is 12.8. The Morgan fingerprint density at radius 1 is 1.03 bits per heavy atom. The number of aryl methyl sites for hydroxylation is 1. The summed E-state index contributed by atoms with van der Waals surface area (Å²) in [5, 5.41) is 3.05. The van der Waals surface area contributed by atoms with E-state index < -0.39 is 0 Å². The fourth-order valence-electron chi connectivity index (χ4n) is 4.09. The van der Waals surface area contributed by atoms with Crippen LogP contribution in [-0.4, -0.2) is 62.7 Å². The maximum Gasteiger partial charge on any atom is 0.317 e. The van der Waals surface area contributed by atoms with Crippen LogP contribution in [0.25, 0.3) is 0 Å². The number of benzene rings is 2. The molecule has 0 bridgehead atoms. The van der Waals surface area contributed by atoms with Crippen molar-refractivity contribution in [1.82, 2.24) is 10.2 Å². The van der Waals surface area contributed by atoms with Crippen molar-refractivity contribution in [2.45, 2.75) is 19.4 Å². The van der Waals surface area contributed by atoms with Gasteiger partial charge in [0, 0.05) is 44.8 Å². The molecule has 1 unspecified atom stereocenters. The van der Waals surface area contributed by atoms with Crippen LogP contribution in [0.1, 0.15) is 12.0 Å². The highest BCUT2D eigenvalue weighted by molar-refractivity contribution is 5.96. The van der Waals surface area contributed by atoms with Crippen LogP contribution in [0, 0.1) is 6.92 Å². The van der Waals surface area contributed by atoms with Gasteiger partial charge in [-0.1, -0.05) is 29.8 Å². The van der Waals surface area contributed by atoms with E-state index >= 15 is 0 Å². The summed E-state index contributed by atoms with van der Waals surface area (Å²) >= 11 is 0. The average Bonchev–Trinajstić information content (AvgIpc) is 3.14. The molecule has 30 heavy (non-hydrogen) atoms. The zero-order chi connectivity index (χ0) is 21.1. The van der Waals surface area contributed by atoms with E-state index in [4.69, 9.17) is 4.74 Å². The summed E-state index contributed by atoms with van der Waals surface area (Å²) in [7, 11) is 1.67. The number of para-hydroxylation sites is 2. The van der Waals surface area contributed by atoms with Gasteiger partial charge in [-0.3, -0.25) is 4.79 Å². The number of nitrogens with zero attached hydrogens (tertiary/aromatic N) is 3. The van der Waals surface area contributed by atoms with Gasteiger partial charge in [-0.05, 0) is 31.2 Å². The number of methoxy groups -OCH3 is 1. The summed E-state index contributed by atoms with van der Waals surface area (Å²) in [6.07, 6.45) is 0.334. The van der Waals surface area contributed by atoms with Gasteiger partial charge in [0.1, 0.15) is 5.75 Å². The van der Waals surface area contributed by atoms with Crippen molar-refractivity contribution in [1.29, 1.82) is 0 Å². The van der Waals surface area contributed by atoms with Gasteiger partial charge in [-0.25, -0.2) is 4.79 Å². The predicted molar refractivity (Wildman–Crippen MR) is 117 cm³/mol. The molecule has 2 aliphatic heterocycles. The van der Waals surface area contributed by atoms with E-state index in [0.29, 0.717) is 26.1 Å². The molecule has 2 aromatic carbocycles. The standard InChI is InChI=1S/C23H28N4O3/c1-17-7-9-19(10-8-17)27-16-18(15-22(27)28)24-23(29)26-13-11-25(12-14-26)20-5-3-4-6-21(20)30-2/h3-10,18H,11-16H2,1-2H3,(H,24,29). The molecule has 7 heteroatoms. The molecule has 0 aliphatic carbocycles. The van der Waals surface area contributed by atoms with E-state index in [1.807, 2.05) is 60.4 Å². The number of carbonyl (C=O) groups is 2. The molecule has 1 atom stereocenters. The summed E-state index contributed by atoms with van der Waals surface area (Å²) in [6, 6.07) is 15.6. The second-order valence-electron chi connectivity index (χ2n) is 7.84. The molecule has 158 valence electrons. The number of hydrogen-bond donors (Lipinski definition) is 1. The van der Waals surface area contributed by atoms with Crippen LogP contribution in [0.5, 0.6) is 5.75 Å². The van der Waals surface area contributed by atoms with Gasteiger partial charge >= 0.3 is 6.03 Å². The third-order valence-electron chi connectivity index (χ3n) is 5.79. The Balaban J connectivity index is 1.31. The fourth-order valence-corrected chi connectivity index (χ4v) is 4.09. The lowest BCUT2D eigenvalue weighted by atomic mass is 10.2. The monoisotopic (exact) mass is 408 g/mol. The topological polar surface area (TPSA) is 65.1 Å². The van der Waals surface area contributed by atoms with Crippen LogP contribution in [0.4, 0.5) is 16.2 Å². The normalized spacial score (nSPS) is 19.2. The molecule has 2 heterocycles. The quantitative estimate of drug-likeness (QED) is 0.845. The molecule has 3 amide bonds. The third kappa shape index (κ3) is 4.20. The number of urea groups is 1. The summed E-state index contributed by atoms with van der Waals surface area (Å²) in [5.74, 6) is 0.890. The van der Waals surface area contributed by atoms with Crippen LogP contribution >= 0.6 is 0 Å². The SMILES string of the molecule is COc1ccccc1N1CCN(C(=O)NC2CC(=O)N(c3ccc(C)cc3)C2)CC1. The highest BCUT2D eigenvalue weighted by atomic mass is 16.5. The van der Waals surface area contributed by atoms with Crippen molar-refractivity contribution in [3.63, 3.8) is 0 Å². The zero-order valence-corrected chi connectivity index (χ0v) is 17.5. The van der Waals surface area contributed by atoms with Crippen molar-refractivity contribution < 1.29 is 14.3 Å². The minimum absolute atomic E-state index is 0.0464. The van der Waals surface area contributed by atoms with Crippen LogP contribution < -0.4 is 19.9 Å². The number of hydrogen-bond acceptors (Lipinski definition) is 4. The molecule has 2 fully saturated rings. The Hall–Kier alpha value is -3.22. The first-order valence-corrected chi connectivity index (χ1v) is 10.4. The minimum Gasteiger partial charge on any atom is -0.495 e. The number of nitrogens with one attached hydrogen (secondary N) is 1. The van der Waals surface area contributed by atoms with E-state index in [0.717, 1.165) is 35.8 Å². The lowest BCUT2D eigenvalue weighted by Crippen LogP contribution is -2.54. The Bertz CT molecular complexity index is 907. The van der Waals surface area contributed by atoms with Crippen molar-refractivity contribution in [3.8, 4) is 5.75 Å². The largest absolute Gasteiger partial charge is 0.495 e. The van der Waals surface area contributed by atoms with E-state index in [9.17, 15) is 9.59 Å². The Morgan fingerprint density at radius 3 is 2.43 bits per heavy atom. The second-order valence-corrected chi connectivity index (χ2v) is 7.84. The lowest BCUT2D eigenvalue weighted by Gasteiger charge is -2.37. The predicted octanol–water partition coefficient (Wildman–Crippen LogP) is 2.64. The van der Waals surface area contributed by atoms with E-state index in [1.165, 1.54) is 0 Å². The van der Waals surface area contributed by atoms with Crippen LogP contribution in [0.3, 0.4) is 0 Å². The maximum absolute atomic E-state index is 12.8. The number of ether oxygens (including phenoxy) is 1. The van der Waals surface area contributed by atoms with Gasteiger partial charge in [-0.15, -0.1) is 0 Å². The summed E-state index contributed by atoms with van der Waals surface area (Å²) < 4.78 is 5.45. The van der Waals surface area contributed by atoms with E-state index in [2.05, 4.69) is 10.2 Å². The molecule has 0 aromatic heterocycles. The van der Waals surface area contributed by atoms with Gasteiger partial charge in [0.15, 0.2) is 0 Å². The number of amides is 3. The van der Waals surface area contributed by atoms with Crippen molar-refractivity contribution >= 4 is 23.3 Å². The Morgan fingerprint density at radius 2 is 1.73 bits per heavy atom. The molecular formula is C23H28N4O3. The van der Waals surface area contributed by atoms with Gasteiger partial charge in [0.25, 0.3) is 0 Å². The van der Waals surface area contributed by atoms with Crippen molar-refractivity contribution in [2.75, 3.05) is 49.6 Å². The van der Waals surface area contributed by atoms with Gasteiger partial charge in [-0.2, -0.15) is 0 Å². The van der Waals surface area contributed by atoms with E-state index in [1.54, 1.807) is 12.0 Å². The molecule has 1 N–H and O–H groups in total. The van der Waals surface area contributed by atoms with Crippen molar-refractivity contribution in [2.24, 2.45) is 0 Å². The minimum atomic E-state index is -0.168. The Kier molecular flexibility index (Phi) is 5.79. The highest BCUT2D eigenvalue weighted by Gasteiger charge is 2.33. The number of piperazine rings is 1. The number of carbonyl (C=O) groups excluding carboxylic acids is 2. The van der Waals surface area contributed by atoms with E-state index in [-0.39, 0.29) is 18.0 Å². The van der Waals surface area contributed by atoms with Gasteiger partial charge < -0.3 is 24.8 Å². The lowest BCUT2D eigenvalue weighted by molar-refractivity contribution is -0.117. The van der Waals surface area contributed by atoms with Gasteiger partial charge in [0.2, 0.25) is 5.91 Å². The molecule has 2 saturated heterocycles. The number of rotatable bonds is 4. The zero-order valence-electron chi connectivity index (χ0n) is 17.5. The molecule has 4 rings (SSSR count). The molecule has 0 radical (unpaired) electrons. The first-order valence-electron chi connectivity index (χ1n) is 10.4. The Labute approximate surface area is 177 Å².